The van der Waals surface area contributed by atoms with Crippen LogP contribution in [0, 0.1) is 5.92 Å². The fourth-order valence-electron chi connectivity index (χ4n) is 2.31. The van der Waals surface area contributed by atoms with E-state index in [1.54, 1.807) is 11.0 Å². The molecule has 0 atom stereocenters. The number of aromatic carboxylic acids is 1. The third kappa shape index (κ3) is 4.18. The molecule has 1 aliphatic heterocycles. The Kier molecular flexibility index (Phi) is 5.19. The van der Waals surface area contributed by atoms with Crippen molar-refractivity contribution in [3.8, 4) is 0 Å². The zero-order valence-electron chi connectivity index (χ0n) is 11.4. The van der Waals surface area contributed by atoms with E-state index in [4.69, 9.17) is 10.2 Å². The lowest BCUT2D eigenvalue weighted by Crippen LogP contribution is -2.41. The number of carbonyl (C=O) groups is 2. The number of amides is 2. The molecule has 7 heteroatoms. The molecule has 3 N–H and O–H groups in total. The molecule has 0 saturated carbocycles. The largest absolute Gasteiger partial charge is 0.478 e. The van der Waals surface area contributed by atoms with Gasteiger partial charge in [0.2, 0.25) is 0 Å². The molecule has 1 heterocycles. The Hall–Kier alpha value is -1.60. The van der Waals surface area contributed by atoms with Crippen LogP contribution in [0.1, 0.15) is 23.2 Å². The van der Waals surface area contributed by atoms with E-state index in [-0.39, 0.29) is 24.1 Å². The summed E-state index contributed by atoms with van der Waals surface area (Å²) in [6, 6.07) is 4.31. The summed E-state index contributed by atoms with van der Waals surface area (Å²) in [5.41, 5.74) is 0.551. The fraction of sp³-hybridized carbons (Fsp3) is 0.429. The average Bonchev–Trinajstić information content (AvgIpc) is 2.46. The number of aliphatic hydroxyl groups is 1. The molecule has 0 bridgehead atoms. The number of piperidine rings is 1. The van der Waals surface area contributed by atoms with Gasteiger partial charge in [0.15, 0.2) is 0 Å². The van der Waals surface area contributed by atoms with Gasteiger partial charge in [0, 0.05) is 29.9 Å². The summed E-state index contributed by atoms with van der Waals surface area (Å²) in [6.45, 7) is 1.34. The second-order valence-corrected chi connectivity index (χ2v) is 5.99. The number of benzene rings is 1. The topological polar surface area (TPSA) is 89.9 Å². The van der Waals surface area contributed by atoms with E-state index < -0.39 is 5.97 Å². The highest BCUT2D eigenvalue weighted by Crippen LogP contribution is 2.21. The summed E-state index contributed by atoms with van der Waals surface area (Å²) < 4.78 is 0.594. The number of rotatable bonds is 3. The van der Waals surface area contributed by atoms with Crippen molar-refractivity contribution in [3.05, 3.63) is 28.2 Å². The number of nitrogens with one attached hydrogen (secondary N) is 1. The zero-order valence-corrected chi connectivity index (χ0v) is 13.0. The van der Waals surface area contributed by atoms with Gasteiger partial charge in [0.1, 0.15) is 0 Å². The molecule has 1 aliphatic rings. The monoisotopic (exact) mass is 356 g/mol. The SMILES string of the molecule is O=C(O)c1cc(Br)cc(NC(=O)N2CCC(CO)CC2)c1. The highest BCUT2D eigenvalue weighted by atomic mass is 79.9. The number of carboxylic acid groups (broad SMARTS) is 1. The zero-order chi connectivity index (χ0) is 15.4. The molecule has 1 aromatic rings. The van der Waals surface area contributed by atoms with Crippen LogP contribution in [0.3, 0.4) is 0 Å². The first kappa shape index (κ1) is 15.8. The molecule has 0 radical (unpaired) electrons. The number of aliphatic hydroxyl groups excluding tert-OH is 1. The molecule has 1 fully saturated rings. The van der Waals surface area contributed by atoms with Crippen molar-refractivity contribution in [3.63, 3.8) is 0 Å². The maximum absolute atomic E-state index is 12.1. The van der Waals surface area contributed by atoms with Crippen LogP contribution in [0.5, 0.6) is 0 Å². The first-order valence-corrected chi connectivity index (χ1v) is 7.49. The Balaban J connectivity index is 2.01. The molecule has 2 amide bonds. The summed E-state index contributed by atoms with van der Waals surface area (Å²) in [5, 5.41) is 20.8. The lowest BCUT2D eigenvalue weighted by Gasteiger charge is -2.31. The summed E-state index contributed by atoms with van der Waals surface area (Å²) in [6.07, 6.45) is 1.56. The highest BCUT2D eigenvalue weighted by Gasteiger charge is 2.22. The van der Waals surface area contributed by atoms with E-state index in [1.807, 2.05) is 0 Å². The quantitative estimate of drug-likeness (QED) is 0.775. The maximum Gasteiger partial charge on any atom is 0.335 e. The van der Waals surface area contributed by atoms with Crippen molar-refractivity contribution in [2.45, 2.75) is 12.8 Å². The van der Waals surface area contributed by atoms with Gasteiger partial charge in [-0.25, -0.2) is 9.59 Å². The lowest BCUT2D eigenvalue weighted by molar-refractivity contribution is 0.0696. The predicted molar refractivity (Wildman–Crippen MR) is 81.5 cm³/mol. The molecule has 0 aromatic heterocycles. The second-order valence-electron chi connectivity index (χ2n) is 5.08. The third-order valence-corrected chi connectivity index (χ3v) is 4.01. The number of halogens is 1. The fourth-order valence-corrected chi connectivity index (χ4v) is 2.80. The third-order valence-electron chi connectivity index (χ3n) is 3.56. The molecule has 0 unspecified atom stereocenters. The molecule has 21 heavy (non-hydrogen) atoms. The smallest absolute Gasteiger partial charge is 0.335 e. The van der Waals surface area contributed by atoms with Crippen molar-refractivity contribution in [2.75, 3.05) is 25.0 Å². The van der Waals surface area contributed by atoms with Crippen LogP contribution in [0.15, 0.2) is 22.7 Å². The minimum Gasteiger partial charge on any atom is -0.478 e. The average molecular weight is 357 g/mol. The Morgan fingerprint density at radius 1 is 1.29 bits per heavy atom. The van der Waals surface area contributed by atoms with Crippen LogP contribution in [-0.2, 0) is 0 Å². The Morgan fingerprint density at radius 2 is 1.95 bits per heavy atom. The predicted octanol–water partition coefficient (Wildman–Crippen LogP) is 2.38. The Morgan fingerprint density at radius 3 is 2.52 bits per heavy atom. The van der Waals surface area contributed by atoms with Crippen LogP contribution in [0.25, 0.3) is 0 Å². The van der Waals surface area contributed by atoms with E-state index in [2.05, 4.69) is 21.2 Å². The van der Waals surface area contributed by atoms with Gasteiger partial charge in [-0.05, 0) is 37.0 Å². The van der Waals surface area contributed by atoms with Crippen molar-refractivity contribution >= 4 is 33.6 Å². The molecule has 1 aromatic carbocycles. The number of likely N-dealkylation sites (tertiary alicyclic amines) is 1. The van der Waals surface area contributed by atoms with E-state index in [9.17, 15) is 9.59 Å². The number of nitrogens with zero attached hydrogens (tertiary/aromatic N) is 1. The first-order chi connectivity index (χ1) is 9.99. The first-order valence-electron chi connectivity index (χ1n) is 6.70. The van der Waals surface area contributed by atoms with Gasteiger partial charge in [-0.2, -0.15) is 0 Å². The number of hydrogen-bond acceptors (Lipinski definition) is 3. The van der Waals surface area contributed by atoms with Crippen LogP contribution < -0.4 is 5.32 Å². The van der Waals surface area contributed by atoms with Crippen LogP contribution >= 0.6 is 15.9 Å². The van der Waals surface area contributed by atoms with Gasteiger partial charge in [-0.15, -0.1) is 0 Å². The number of urea groups is 1. The van der Waals surface area contributed by atoms with Gasteiger partial charge in [0.25, 0.3) is 0 Å². The molecular weight excluding hydrogens is 340 g/mol. The van der Waals surface area contributed by atoms with Gasteiger partial charge in [0.05, 0.1) is 5.56 Å². The van der Waals surface area contributed by atoms with E-state index >= 15 is 0 Å². The summed E-state index contributed by atoms with van der Waals surface area (Å²) >= 11 is 3.23. The van der Waals surface area contributed by atoms with Crippen molar-refractivity contribution in [1.29, 1.82) is 0 Å². The molecule has 114 valence electrons. The summed E-state index contributed by atoms with van der Waals surface area (Å²) in [7, 11) is 0. The molecule has 0 spiro atoms. The minimum absolute atomic E-state index is 0.110. The van der Waals surface area contributed by atoms with Gasteiger partial charge in [-0.1, -0.05) is 15.9 Å². The second kappa shape index (κ2) is 6.91. The van der Waals surface area contributed by atoms with Crippen LogP contribution in [-0.4, -0.2) is 46.8 Å². The van der Waals surface area contributed by atoms with Crippen molar-refractivity contribution < 1.29 is 19.8 Å². The molecule has 1 saturated heterocycles. The number of anilines is 1. The molecule has 2 rings (SSSR count). The molecule has 6 nitrogen and oxygen atoms in total. The number of hydrogen-bond donors (Lipinski definition) is 3. The van der Waals surface area contributed by atoms with Crippen molar-refractivity contribution in [1.82, 2.24) is 4.90 Å². The van der Waals surface area contributed by atoms with E-state index in [1.165, 1.54) is 12.1 Å². The Labute approximate surface area is 130 Å². The van der Waals surface area contributed by atoms with Gasteiger partial charge in [-0.3, -0.25) is 0 Å². The number of carboxylic acids is 1. The van der Waals surface area contributed by atoms with Gasteiger partial charge < -0.3 is 20.4 Å². The van der Waals surface area contributed by atoms with Crippen LogP contribution in [0.2, 0.25) is 0 Å². The molecular formula is C14H17BrN2O4. The minimum atomic E-state index is -1.05. The lowest BCUT2D eigenvalue weighted by atomic mass is 9.98. The Bertz CT molecular complexity index is 542. The van der Waals surface area contributed by atoms with Gasteiger partial charge >= 0.3 is 12.0 Å². The highest BCUT2D eigenvalue weighted by molar-refractivity contribution is 9.10. The molecule has 0 aliphatic carbocycles. The van der Waals surface area contributed by atoms with Crippen LogP contribution in [0.4, 0.5) is 10.5 Å². The summed E-state index contributed by atoms with van der Waals surface area (Å²) in [5.74, 6) is -0.783. The maximum atomic E-state index is 12.1. The number of carbonyl (C=O) groups excluding carboxylic acids is 1. The van der Waals surface area contributed by atoms with E-state index in [0.29, 0.717) is 23.2 Å². The van der Waals surface area contributed by atoms with Crippen molar-refractivity contribution in [2.24, 2.45) is 5.92 Å². The standard InChI is InChI=1S/C14H17BrN2O4/c15-11-5-10(13(19)20)6-12(7-11)16-14(21)17-3-1-9(8-18)2-4-17/h5-7,9,18H,1-4,8H2,(H,16,21)(H,19,20). The van der Waals surface area contributed by atoms with E-state index in [0.717, 1.165) is 12.8 Å². The summed E-state index contributed by atoms with van der Waals surface area (Å²) in [4.78, 5) is 24.8. The normalized spacial score (nSPS) is 15.8.